The molecule has 156 valence electrons. The van der Waals surface area contributed by atoms with Crippen LogP contribution < -0.4 is 9.80 Å². The predicted molar refractivity (Wildman–Crippen MR) is 121 cm³/mol. The Bertz CT molecular complexity index is 1190. The molecule has 0 bridgehead atoms. The quantitative estimate of drug-likeness (QED) is 0.470. The third kappa shape index (κ3) is 3.84. The Hall–Kier alpha value is -3.45. The minimum atomic E-state index is 0.696. The molecule has 4 aromatic rings. The van der Waals surface area contributed by atoms with Crippen molar-refractivity contribution in [3.63, 3.8) is 0 Å². The summed E-state index contributed by atoms with van der Waals surface area (Å²) < 4.78 is 5.54. The van der Waals surface area contributed by atoms with Gasteiger partial charge >= 0.3 is 0 Å². The van der Waals surface area contributed by atoms with Crippen molar-refractivity contribution in [2.45, 2.75) is 6.92 Å². The SMILES string of the molecule is Cc1occc1-c1nc(N2CCN(c3ccccc3Cl)CC2)ncc1-c1cnccn1. The number of furan rings is 1. The maximum Gasteiger partial charge on any atom is 0.226 e. The lowest BCUT2D eigenvalue weighted by atomic mass is 10.1. The van der Waals surface area contributed by atoms with Gasteiger partial charge in [-0.25, -0.2) is 9.97 Å². The third-order valence-electron chi connectivity index (χ3n) is 5.48. The summed E-state index contributed by atoms with van der Waals surface area (Å²) in [5.41, 5.74) is 4.35. The number of benzene rings is 1. The molecular formula is C23H21ClN6O. The van der Waals surface area contributed by atoms with Crippen LogP contribution in [0.1, 0.15) is 5.76 Å². The van der Waals surface area contributed by atoms with Crippen molar-refractivity contribution in [2.75, 3.05) is 36.0 Å². The van der Waals surface area contributed by atoms with E-state index in [0.717, 1.165) is 65.2 Å². The zero-order valence-corrected chi connectivity index (χ0v) is 17.8. The number of anilines is 2. The molecule has 0 aliphatic carbocycles. The molecule has 0 saturated carbocycles. The van der Waals surface area contributed by atoms with Crippen molar-refractivity contribution in [3.05, 3.63) is 72.2 Å². The van der Waals surface area contributed by atoms with E-state index in [1.165, 1.54) is 0 Å². The lowest BCUT2D eigenvalue weighted by molar-refractivity contribution is 0.535. The fourth-order valence-corrected chi connectivity index (χ4v) is 4.10. The normalized spacial score (nSPS) is 14.1. The Morgan fingerprint density at radius 2 is 1.71 bits per heavy atom. The van der Waals surface area contributed by atoms with Gasteiger partial charge in [-0.2, -0.15) is 0 Å². The van der Waals surface area contributed by atoms with Crippen LogP contribution in [0.5, 0.6) is 0 Å². The summed E-state index contributed by atoms with van der Waals surface area (Å²) in [6.45, 7) is 5.23. The Morgan fingerprint density at radius 1 is 0.903 bits per heavy atom. The van der Waals surface area contributed by atoms with E-state index in [1.54, 1.807) is 24.9 Å². The molecule has 5 rings (SSSR count). The highest BCUT2D eigenvalue weighted by molar-refractivity contribution is 6.33. The van der Waals surface area contributed by atoms with Gasteiger partial charge in [0.05, 0.1) is 34.6 Å². The van der Waals surface area contributed by atoms with E-state index < -0.39 is 0 Å². The molecule has 0 atom stereocenters. The largest absolute Gasteiger partial charge is 0.469 e. The van der Waals surface area contributed by atoms with Gasteiger partial charge in [0.15, 0.2) is 0 Å². The topological polar surface area (TPSA) is 71.2 Å². The molecule has 1 aliphatic heterocycles. The number of aryl methyl sites for hydroxylation is 1. The average Bonchev–Trinajstić information content (AvgIpc) is 3.25. The van der Waals surface area contributed by atoms with Crippen LogP contribution in [-0.2, 0) is 0 Å². The van der Waals surface area contributed by atoms with Gasteiger partial charge in [-0.15, -0.1) is 0 Å². The Balaban J connectivity index is 1.45. The van der Waals surface area contributed by atoms with Crippen molar-refractivity contribution in [1.82, 2.24) is 19.9 Å². The van der Waals surface area contributed by atoms with E-state index in [4.69, 9.17) is 21.0 Å². The van der Waals surface area contributed by atoms with Crippen LogP contribution in [0.25, 0.3) is 22.5 Å². The van der Waals surface area contributed by atoms with E-state index in [-0.39, 0.29) is 0 Å². The lowest BCUT2D eigenvalue weighted by Gasteiger charge is -2.36. The highest BCUT2D eigenvalue weighted by Gasteiger charge is 2.23. The number of halogens is 1. The Labute approximate surface area is 185 Å². The Kier molecular flexibility index (Phi) is 5.26. The Morgan fingerprint density at radius 3 is 2.42 bits per heavy atom. The number of nitrogens with zero attached hydrogens (tertiary/aromatic N) is 6. The summed E-state index contributed by atoms with van der Waals surface area (Å²) in [6.07, 6.45) is 8.55. The van der Waals surface area contributed by atoms with Crippen molar-refractivity contribution in [1.29, 1.82) is 0 Å². The molecule has 7 nitrogen and oxygen atoms in total. The molecule has 4 heterocycles. The van der Waals surface area contributed by atoms with E-state index in [2.05, 4.69) is 30.8 Å². The first-order chi connectivity index (χ1) is 15.2. The number of hydrogen-bond acceptors (Lipinski definition) is 7. The van der Waals surface area contributed by atoms with Gasteiger partial charge in [-0.1, -0.05) is 23.7 Å². The second-order valence-corrected chi connectivity index (χ2v) is 7.75. The molecular weight excluding hydrogens is 412 g/mol. The molecule has 0 spiro atoms. The number of rotatable bonds is 4. The van der Waals surface area contributed by atoms with E-state index in [9.17, 15) is 0 Å². The number of piperazine rings is 1. The summed E-state index contributed by atoms with van der Waals surface area (Å²) in [5.74, 6) is 1.50. The summed E-state index contributed by atoms with van der Waals surface area (Å²) in [6, 6.07) is 9.88. The molecule has 31 heavy (non-hydrogen) atoms. The second-order valence-electron chi connectivity index (χ2n) is 7.34. The van der Waals surface area contributed by atoms with Crippen LogP contribution >= 0.6 is 11.6 Å². The molecule has 1 aliphatic rings. The first-order valence-electron chi connectivity index (χ1n) is 10.1. The van der Waals surface area contributed by atoms with Crippen molar-refractivity contribution >= 4 is 23.2 Å². The maximum atomic E-state index is 6.38. The van der Waals surface area contributed by atoms with Crippen LogP contribution in [0.2, 0.25) is 5.02 Å². The van der Waals surface area contributed by atoms with Crippen LogP contribution in [-0.4, -0.2) is 46.1 Å². The van der Waals surface area contributed by atoms with Crippen LogP contribution in [0.4, 0.5) is 11.6 Å². The van der Waals surface area contributed by atoms with Gasteiger partial charge < -0.3 is 14.2 Å². The van der Waals surface area contributed by atoms with Crippen molar-refractivity contribution < 1.29 is 4.42 Å². The second kappa shape index (κ2) is 8.35. The van der Waals surface area contributed by atoms with E-state index in [0.29, 0.717) is 5.95 Å². The van der Waals surface area contributed by atoms with Crippen LogP contribution in [0.15, 0.2) is 65.8 Å². The molecule has 8 heteroatoms. The molecule has 3 aromatic heterocycles. The zero-order chi connectivity index (χ0) is 21.2. The molecule has 0 radical (unpaired) electrons. The number of aromatic nitrogens is 4. The van der Waals surface area contributed by atoms with Crippen molar-refractivity contribution in [2.24, 2.45) is 0 Å². The standard InChI is InChI=1S/C23H21ClN6O/c1-16-17(6-13-31-16)22-18(20-15-25-7-8-26-20)14-27-23(28-22)30-11-9-29(10-12-30)21-5-3-2-4-19(21)24/h2-8,13-15H,9-12H2,1H3. The molecule has 1 saturated heterocycles. The number of para-hydroxylation sites is 1. The van der Waals surface area contributed by atoms with Gasteiger partial charge in [-0.05, 0) is 25.1 Å². The molecule has 0 amide bonds. The van der Waals surface area contributed by atoms with Gasteiger partial charge in [0.1, 0.15) is 5.76 Å². The zero-order valence-electron chi connectivity index (χ0n) is 17.1. The summed E-state index contributed by atoms with van der Waals surface area (Å²) in [7, 11) is 0. The fourth-order valence-electron chi connectivity index (χ4n) is 3.84. The van der Waals surface area contributed by atoms with Crippen LogP contribution in [0, 0.1) is 6.92 Å². The highest BCUT2D eigenvalue weighted by atomic mass is 35.5. The first kappa shape index (κ1) is 19.5. The van der Waals surface area contributed by atoms with E-state index >= 15 is 0 Å². The summed E-state index contributed by atoms with van der Waals surface area (Å²) in [5, 5.41) is 0.776. The maximum absolute atomic E-state index is 6.38. The molecule has 0 N–H and O–H groups in total. The predicted octanol–water partition coefficient (Wildman–Crippen LogP) is 4.48. The molecule has 0 unspecified atom stereocenters. The third-order valence-corrected chi connectivity index (χ3v) is 5.80. The van der Waals surface area contributed by atoms with E-state index in [1.807, 2.05) is 37.4 Å². The molecule has 1 aromatic carbocycles. The minimum Gasteiger partial charge on any atom is -0.469 e. The van der Waals surface area contributed by atoms with Gasteiger partial charge in [0, 0.05) is 55.9 Å². The summed E-state index contributed by atoms with van der Waals surface area (Å²) in [4.78, 5) is 22.7. The highest BCUT2D eigenvalue weighted by Crippen LogP contribution is 2.33. The fraction of sp³-hybridized carbons (Fsp3) is 0.217. The summed E-state index contributed by atoms with van der Waals surface area (Å²) >= 11 is 6.38. The lowest BCUT2D eigenvalue weighted by Crippen LogP contribution is -2.47. The van der Waals surface area contributed by atoms with Gasteiger partial charge in [0.2, 0.25) is 5.95 Å². The number of hydrogen-bond donors (Lipinski definition) is 0. The first-order valence-corrected chi connectivity index (χ1v) is 10.5. The van der Waals surface area contributed by atoms with Gasteiger partial charge in [-0.3, -0.25) is 9.97 Å². The monoisotopic (exact) mass is 432 g/mol. The minimum absolute atomic E-state index is 0.696. The van der Waals surface area contributed by atoms with Crippen LogP contribution in [0.3, 0.4) is 0 Å². The average molecular weight is 433 g/mol. The molecule has 1 fully saturated rings. The van der Waals surface area contributed by atoms with Gasteiger partial charge in [0.25, 0.3) is 0 Å². The smallest absolute Gasteiger partial charge is 0.226 e. The van der Waals surface area contributed by atoms with Crippen molar-refractivity contribution in [3.8, 4) is 22.5 Å².